The molecule has 2 heterocycles. The second-order valence-corrected chi connectivity index (χ2v) is 8.52. The average Bonchev–Trinajstić information content (AvgIpc) is 3.00. The van der Waals surface area contributed by atoms with Crippen molar-refractivity contribution in [1.82, 2.24) is 30.3 Å². The first kappa shape index (κ1) is 24.1. The zero-order chi connectivity index (χ0) is 19.9. The molecular weight excluding hydrogens is 477 g/mol. The van der Waals surface area contributed by atoms with Crippen molar-refractivity contribution in [2.45, 2.75) is 77.4 Å². The second kappa shape index (κ2) is 11.9. The van der Waals surface area contributed by atoms with Gasteiger partial charge in [0.1, 0.15) is 12.4 Å². The Kier molecular flexibility index (Phi) is 9.88. The van der Waals surface area contributed by atoms with E-state index in [9.17, 15) is 0 Å². The van der Waals surface area contributed by atoms with E-state index in [0.29, 0.717) is 18.6 Å². The molecule has 7 nitrogen and oxygen atoms in total. The van der Waals surface area contributed by atoms with Crippen molar-refractivity contribution in [3.05, 3.63) is 23.8 Å². The molecule has 1 saturated heterocycles. The van der Waals surface area contributed by atoms with E-state index >= 15 is 0 Å². The third-order valence-electron chi connectivity index (χ3n) is 5.93. The van der Waals surface area contributed by atoms with E-state index < -0.39 is 0 Å². The minimum absolute atomic E-state index is 0. The SMILES string of the molecule is C=C(C)CN1CCC(NC(=NCc2nnc(C)n2C)NC2CCCCC2)CC1.I. The minimum Gasteiger partial charge on any atom is -0.354 e. The maximum absolute atomic E-state index is 4.87. The van der Waals surface area contributed by atoms with Crippen LogP contribution in [0.15, 0.2) is 17.1 Å². The van der Waals surface area contributed by atoms with Gasteiger partial charge in [-0.05, 0) is 39.5 Å². The van der Waals surface area contributed by atoms with Crippen LogP contribution in [0.3, 0.4) is 0 Å². The molecule has 1 saturated carbocycles. The van der Waals surface area contributed by atoms with E-state index in [-0.39, 0.29) is 24.0 Å². The molecule has 8 heteroatoms. The molecule has 2 N–H and O–H groups in total. The summed E-state index contributed by atoms with van der Waals surface area (Å²) in [6.07, 6.45) is 8.74. The van der Waals surface area contributed by atoms with Gasteiger partial charge in [0.05, 0.1) is 0 Å². The Balaban J connectivity index is 0.00000300. The quantitative estimate of drug-likeness (QED) is 0.264. The van der Waals surface area contributed by atoms with Gasteiger partial charge in [-0.1, -0.05) is 31.4 Å². The summed E-state index contributed by atoms with van der Waals surface area (Å²) >= 11 is 0. The van der Waals surface area contributed by atoms with Crippen LogP contribution in [-0.4, -0.2) is 57.3 Å². The maximum Gasteiger partial charge on any atom is 0.192 e. The van der Waals surface area contributed by atoms with Crippen molar-refractivity contribution < 1.29 is 0 Å². The predicted octanol–water partition coefficient (Wildman–Crippen LogP) is 3.15. The summed E-state index contributed by atoms with van der Waals surface area (Å²) in [6.45, 7) is 11.9. The van der Waals surface area contributed by atoms with Crippen molar-refractivity contribution >= 4 is 29.9 Å². The molecule has 0 unspecified atom stereocenters. The van der Waals surface area contributed by atoms with Gasteiger partial charge in [-0.2, -0.15) is 0 Å². The van der Waals surface area contributed by atoms with Gasteiger partial charge in [-0.25, -0.2) is 4.99 Å². The van der Waals surface area contributed by atoms with E-state index in [1.807, 2.05) is 18.5 Å². The number of hydrogen-bond donors (Lipinski definition) is 2. The minimum atomic E-state index is 0. The molecule has 0 radical (unpaired) electrons. The average molecular weight is 515 g/mol. The Labute approximate surface area is 192 Å². The number of rotatable bonds is 6. The molecule has 1 aromatic heterocycles. The Morgan fingerprint density at radius 1 is 1.07 bits per heavy atom. The molecule has 2 aliphatic rings. The van der Waals surface area contributed by atoms with Crippen LogP contribution in [0.1, 0.15) is 63.5 Å². The summed E-state index contributed by atoms with van der Waals surface area (Å²) < 4.78 is 2.01. The first-order valence-corrected chi connectivity index (χ1v) is 10.8. The normalized spacial score (nSPS) is 19.6. The van der Waals surface area contributed by atoms with Crippen molar-refractivity contribution in [3.63, 3.8) is 0 Å². The van der Waals surface area contributed by atoms with Crippen LogP contribution in [0.4, 0.5) is 0 Å². The highest BCUT2D eigenvalue weighted by atomic mass is 127. The lowest BCUT2D eigenvalue weighted by atomic mass is 9.95. The smallest absolute Gasteiger partial charge is 0.192 e. The standard InChI is InChI=1S/C21H37N7.HI/c1-16(2)15-28-12-10-19(11-13-28)24-21(23-18-8-6-5-7-9-18)22-14-20-26-25-17(3)27(20)4;/h18-19H,1,5-15H2,2-4H3,(H2,22,23,24);1H. The molecule has 0 bridgehead atoms. The van der Waals surface area contributed by atoms with Crippen LogP contribution in [0, 0.1) is 6.92 Å². The Hall–Kier alpha value is -1.16. The van der Waals surface area contributed by atoms with Gasteiger partial charge in [0.2, 0.25) is 0 Å². The van der Waals surface area contributed by atoms with Crippen LogP contribution >= 0.6 is 24.0 Å². The summed E-state index contributed by atoms with van der Waals surface area (Å²) in [5.74, 6) is 2.76. The van der Waals surface area contributed by atoms with Crippen molar-refractivity contribution in [2.75, 3.05) is 19.6 Å². The summed E-state index contributed by atoms with van der Waals surface area (Å²) in [5.41, 5.74) is 1.24. The highest BCUT2D eigenvalue weighted by molar-refractivity contribution is 14.0. The summed E-state index contributed by atoms with van der Waals surface area (Å²) in [5, 5.41) is 15.8. The number of guanidine groups is 1. The van der Waals surface area contributed by atoms with Gasteiger partial charge < -0.3 is 15.2 Å². The van der Waals surface area contributed by atoms with E-state index in [1.54, 1.807) is 0 Å². The fraction of sp³-hybridized carbons (Fsp3) is 0.762. The molecule has 1 aliphatic heterocycles. The second-order valence-electron chi connectivity index (χ2n) is 8.52. The van der Waals surface area contributed by atoms with Gasteiger partial charge in [0.25, 0.3) is 0 Å². The first-order chi connectivity index (χ1) is 13.5. The fourth-order valence-corrected chi connectivity index (χ4v) is 4.12. The molecule has 1 aromatic rings. The molecule has 0 aromatic carbocycles. The largest absolute Gasteiger partial charge is 0.354 e. The first-order valence-electron chi connectivity index (χ1n) is 10.8. The Morgan fingerprint density at radius 2 is 1.69 bits per heavy atom. The number of aryl methyl sites for hydroxylation is 1. The van der Waals surface area contributed by atoms with Crippen LogP contribution in [-0.2, 0) is 13.6 Å². The van der Waals surface area contributed by atoms with Gasteiger partial charge in [-0.15, -0.1) is 34.2 Å². The van der Waals surface area contributed by atoms with Crippen molar-refractivity contribution in [3.8, 4) is 0 Å². The van der Waals surface area contributed by atoms with E-state index in [2.05, 4.69) is 39.2 Å². The summed E-state index contributed by atoms with van der Waals surface area (Å²) in [6, 6.07) is 1.00. The highest BCUT2D eigenvalue weighted by Gasteiger charge is 2.22. The lowest BCUT2D eigenvalue weighted by molar-refractivity contribution is 0.220. The number of nitrogens with one attached hydrogen (secondary N) is 2. The van der Waals surface area contributed by atoms with Crippen LogP contribution in [0.2, 0.25) is 0 Å². The van der Waals surface area contributed by atoms with Gasteiger partial charge in [0, 0.05) is 38.8 Å². The van der Waals surface area contributed by atoms with Crippen molar-refractivity contribution in [2.24, 2.45) is 12.0 Å². The molecule has 0 atom stereocenters. The summed E-state index contributed by atoms with van der Waals surface area (Å²) in [4.78, 5) is 7.36. The van der Waals surface area contributed by atoms with E-state index in [0.717, 1.165) is 50.1 Å². The number of aliphatic imine (C=N–C) groups is 1. The third kappa shape index (κ3) is 7.55. The number of aromatic nitrogens is 3. The summed E-state index contributed by atoms with van der Waals surface area (Å²) in [7, 11) is 2.00. The zero-order valence-electron chi connectivity index (χ0n) is 18.3. The number of halogens is 1. The molecule has 0 spiro atoms. The monoisotopic (exact) mass is 515 g/mol. The van der Waals surface area contributed by atoms with Crippen molar-refractivity contribution in [1.29, 1.82) is 0 Å². The molecule has 164 valence electrons. The lowest BCUT2D eigenvalue weighted by Gasteiger charge is -2.34. The van der Waals surface area contributed by atoms with Crippen LogP contribution in [0.25, 0.3) is 0 Å². The number of hydrogen-bond acceptors (Lipinski definition) is 4. The van der Waals surface area contributed by atoms with Gasteiger partial charge >= 0.3 is 0 Å². The van der Waals surface area contributed by atoms with Gasteiger partial charge in [-0.3, -0.25) is 4.90 Å². The van der Waals surface area contributed by atoms with E-state index in [4.69, 9.17) is 4.99 Å². The topological polar surface area (TPSA) is 70.4 Å². The lowest BCUT2D eigenvalue weighted by Crippen LogP contribution is -2.51. The fourth-order valence-electron chi connectivity index (χ4n) is 4.12. The third-order valence-corrected chi connectivity index (χ3v) is 5.93. The molecule has 3 rings (SSSR count). The Morgan fingerprint density at radius 3 is 2.24 bits per heavy atom. The van der Waals surface area contributed by atoms with Crippen LogP contribution in [0.5, 0.6) is 0 Å². The molecule has 0 amide bonds. The Bertz CT molecular complexity index is 671. The van der Waals surface area contributed by atoms with E-state index in [1.165, 1.54) is 37.7 Å². The number of piperidine rings is 1. The zero-order valence-corrected chi connectivity index (χ0v) is 20.6. The number of likely N-dealkylation sites (tertiary alicyclic amines) is 1. The van der Waals surface area contributed by atoms with Crippen LogP contribution < -0.4 is 10.6 Å². The number of nitrogens with zero attached hydrogens (tertiary/aromatic N) is 5. The highest BCUT2D eigenvalue weighted by Crippen LogP contribution is 2.18. The maximum atomic E-state index is 4.87. The van der Waals surface area contributed by atoms with Gasteiger partial charge in [0.15, 0.2) is 11.8 Å². The molecular formula is C21H38IN7. The molecule has 2 fully saturated rings. The molecule has 1 aliphatic carbocycles. The predicted molar refractivity (Wildman–Crippen MR) is 130 cm³/mol. The molecule has 29 heavy (non-hydrogen) atoms.